The maximum atomic E-state index is 13.7. The summed E-state index contributed by atoms with van der Waals surface area (Å²) in [4.78, 5) is 20.0. The highest BCUT2D eigenvalue weighted by Gasteiger charge is 2.28. The van der Waals surface area contributed by atoms with Crippen LogP contribution in [0.25, 0.3) is 6.08 Å². The molecule has 0 saturated carbocycles. The summed E-state index contributed by atoms with van der Waals surface area (Å²) in [7, 11) is 0. The van der Waals surface area contributed by atoms with E-state index in [-0.39, 0.29) is 17.1 Å². The van der Waals surface area contributed by atoms with Gasteiger partial charge in [-0.2, -0.15) is 19.5 Å². The lowest BCUT2D eigenvalue weighted by molar-refractivity contribution is -0.114. The fourth-order valence-electron chi connectivity index (χ4n) is 2.74. The van der Waals surface area contributed by atoms with Gasteiger partial charge in [0.15, 0.2) is 0 Å². The van der Waals surface area contributed by atoms with E-state index >= 15 is 0 Å². The molecule has 6 nitrogen and oxygen atoms in total. The van der Waals surface area contributed by atoms with E-state index in [9.17, 15) is 9.18 Å². The van der Waals surface area contributed by atoms with Gasteiger partial charge in [-0.05, 0) is 54.4 Å². The summed E-state index contributed by atoms with van der Waals surface area (Å²) in [6.45, 7) is 1.78. The number of hydrogen-bond acceptors (Lipinski definition) is 5. The molecule has 29 heavy (non-hydrogen) atoms. The van der Waals surface area contributed by atoms with Crippen LogP contribution in [0, 0.1) is 5.82 Å². The number of rotatable bonds is 4. The molecule has 0 bridgehead atoms. The van der Waals surface area contributed by atoms with Crippen LogP contribution in [0.1, 0.15) is 12.5 Å². The molecular weight excluding hydrogens is 395 g/mol. The third kappa shape index (κ3) is 4.00. The molecule has 0 aliphatic carbocycles. The Hall–Kier alpha value is -3.58. The minimum atomic E-state index is -0.718. The molecule has 3 aromatic rings. The Morgan fingerprint density at radius 2 is 1.83 bits per heavy atom. The van der Waals surface area contributed by atoms with E-state index in [4.69, 9.17) is 16.3 Å². The average Bonchev–Trinajstić information content (AvgIpc) is 3.01. The molecule has 1 aliphatic rings. The molecule has 0 unspecified atom stereocenters. The van der Waals surface area contributed by atoms with Gasteiger partial charge in [0.2, 0.25) is 11.1 Å². The van der Waals surface area contributed by atoms with Gasteiger partial charge < -0.3 is 4.74 Å². The van der Waals surface area contributed by atoms with Gasteiger partial charge >= 0.3 is 0 Å². The van der Waals surface area contributed by atoms with Crippen molar-refractivity contribution in [2.24, 2.45) is 5.10 Å². The molecule has 2 heterocycles. The molecule has 0 N–H and O–H groups in total. The summed E-state index contributed by atoms with van der Waals surface area (Å²) in [5.41, 5.74) is 2.59. The summed E-state index contributed by atoms with van der Waals surface area (Å²) in [6, 6.07) is 16.0. The van der Waals surface area contributed by atoms with E-state index in [2.05, 4.69) is 15.1 Å². The first-order valence-corrected chi connectivity index (χ1v) is 9.02. The topological polar surface area (TPSA) is 67.7 Å². The van der Waals surface area contributed by atoms with Gasteiger partial charge in [-0.1, -0.05) is 30.3 Å². The highest BCUT2D eigenvalue weighted by Crippen LogP contribution is 2.26. The highest BCUT2D eigenvalue weighted by atomic mass is 35.5. The lowest BCUT2D eigenvalue weighted by Gasteiger charge is -2.11. The van der Waals surface area contributed by atoms with Gasteiger partial charge in [0.25, 0.3) is 11.8 Å². The van der Waals surface area contributed by atoms with E-state index in [0.29, 0.717) is 22.7 Å². The Kier molecular flexibility index (Phi) is 5.05. The maximum absolute atomic E-state index is 13.7. The van der Waals surface area contributed by atoms with Gasteiger partial charge in [-0.25, -0.2) is 4.98 Å². The molecule has 0 radical (unpaired) electrons. The zero-order valence-electron chi connectivity index (χ0n) is 15.2. The molecule has 0 fully saturated rings. The van der Waals surface area contributed by atoms with Crippen molar-refractivity contribution in [2.45, 2.75) is 6.92 Å². The van der Waals surface area contributed by atoms with E-state index in [0.717, 1.165) is 11.8 Å². The van der Waals surface area contributed by atoms with Crippen LogP contribution in [0.15, 0.2) is 71.5 Å². The third-order valence-corrected chi connectivity index (χ3v) is 4.33. The van der Waals surface area contributed by atoms with Gasteiger partial charge in [-0.3, -0.25) is 4.79 Å². The normalized spacial score (nSPS) is 15.0. The van der Waals surface area contributed by atoms with Crippen LogP contribution in [-0.2, 0) is 4.79 Å². The largest absolute Gasteiger partial charge is 0.436 e. The predicted molar refractivity (Wildman–Crippen MR) is 109 cm³/mol. The number of carbonyl (C=O) groups is 1. The number of nitrogens with zero attached hydrogens (tertiary/aromatic N) is 4. The number of aromatic nitrogens is 2. The van der Waals surface area contributed by atoms with E-state index in [1.807, 2.05) is 30.3 Å². The Labute approximate surface area is 170 Å². The highest BCUT2D eigenvalue weighted by molar-refractivity contribution is 6.32. The second kappa shape index (κ2) is 7.81. The van der Waals surface area contributed by atoms with Crippen LogP contribution in [-0.4, -0.2) is 21.6 Å². The van der Waals surface area contributed by atoms with Crippen LogP contribution in [0.5, 0.6) is 11.6 Å². The molecule has 0 saturated heterocycles. The number of hydrazone groups is 1. The van der Waals surface area contributed by atoms with Crippen molar-refractivity contribution in [2.75, 3.05) is 5.01 Å². The summed E-state index contributed by atoms with van der Waals surface area (Å²) in [5.74, 6) is -0.810. The Morgan fingerprint density at radius 1 is 1.10 bits per heavy atom. The Morgan fingerprint density at radius 3 is 2.55 bits per heavy atom. The molecule has 1 aromatic heterocycles. The van der Waals surface area contributed by atoms with Crippen LogP contribution >= 0.6 is 11.6 Å². The number of para-hydroxylation sites is 1. The minimum Gasteiger partial charge on any atom is -0.436 e. The molecular formula is C21H14ClFN4O2. The molecule has 2 aromatic carbocycles. The van der Waals surface area contributed by atoms with Crippen LogP contribution < -0.4 is 9.75 Å². The monoisotopic (exact) mass is 408 g/mol. The van der Waals surface area contributed by atoms with Crippen LogP contribution in [0.3, 0.4) is 0 Å². The molecule has 1 aliphatic heterocycles. The maximum Gasteiger partial charge on any atom is 0.280 e. The van der Waals surface area contributed by atoms with Gasteiger partial charge in [0, 0.05) is 0 Å². The number of anilines is 1. The quantitative estimate of drug-likeness (QED) is 0.456. The Bertz CT molecular complexity index is 1130. The fourth-order valence-corrected chi connectivity index (χ4v) is 2.87. The lowest BCUT2D eigenvalue weighted by Crippen LogP contribution is -2.21. The number of ether oxygens (including phenoxy) is 1. The lowest BCUT2D eigenvalue weighted by atomic mass is 10.1. The van der Waals surface area contributed by atoms with Crippen molar-refractivity contribution >= 4 is 35.0 Å². The molecule has 144 valence electrons. The molecule has 1 amide bonds. The Balaban J connectivity index is 1.54. The zero-order valence-corrected chi connectivity index (χ0v) is 16.0. The second-order valence-corrected chi connectivity index (χ2v) is 6.50. The van der Waals surface area contributed by atoms with Gasteiger partial charge in [0.05, 0.1) is 23.2 Å². The van der Waals surface area contributed by atoms with Crippen molar-refractivity contribution < 1.29 is 13.9 Å². The fraction of sp³-hybridized carbons (Fsp3) is 0.0476. The molecule has 0 atom stereocenters. The standard InChI is InChI=1S/C21H14ClFN4O2/c1-13-17(20(28)27(26-13)15-5-3-2-4-6-15)11-14-7-9-16(10-8-14)29-19-18(23)12-24-21(22)25-19/h2-12H,1H3/b17-11+. The van der Waals surface area contributed by atoms with Gasteiger partial charge in [-0.15, -0.1) is 0 Å². The average molecular weight is 409 g/mol. The SMILES string of the molecule is CC1=NN(c2ccccc2)C(=O)/C1=C/c1ccc(Oc2nc(Cl)ncc2F)cc1. The second-order valence-electron chi connectivity index (χ2n) is 6.16. The number of carbonyl (C=O) groups excluding carboxylic acids is 1. The third-order valence-electron chi connectivity index (χ3n) is 4.15. The molecule has 0 spiro atoms. The predicted octanol–water partition coefficient (Wildman–Crippen LogP) is 4.87. The smallest absolute Gasteiger partial charge is 0.280 e. The van der Waals surface area contributed by atoms with Crippen molar-refractivity contribution in [1.29, 1.82) is 0 Å². The first kappa shape index (κ1) is 18.8. The van der Waals surface area contributed by atoms with Crippen LogP contribution in [0.2, 0.25) is 5.28 Å². The van der Waals surface area contributed by atoms with Crippen molar-refractivity contribution in [3.05, 3.63) is 83.0 Å². The number of hydrogen-bond donors (Lipinski definition) is 0. The minimum absolute atomic E-state index is 0.111. The summed E-state index contributed by atoms with van der Waals surface area (Å²) < 4.78 is 19.1. The molecule has 8 heteroatoms. The first-order chi connectivity index (χ1) is 14.0. The van der Waals surface area contributed by atoms with Crippen molar-refractivity contribution in [3.63, 3.8) is 0 Å². The molecule has 4 rings (SSSR count). The van der Waals surface area contributed by atoms with Crippen molar-refractivity contribution in [1.82, 2.24) is 9.97 Å². The number of halogens is 2. The first-order valence-electron chi connectivity index (χ1n) is 8.64. The van der Waals surface area contributed by atoms with E-state index in [1.54, 1.807) is 37.3 Å². The van der Waals surface area contributed by atoms with Crippen molar-refractivity contribution in [3.8, 4) is 11.6 Å². The summed E-state index contributed by atoms with van der Waals surface area (Å²) >= 11 is 5.66. The summed E-state index contributed by atoms with van der Waals surface area (Å²) in [5, 5.41) is 5.61. The van der Waals surface area contributed by atoms with E-state index in [1.165, 1.54) is 5.01 Å². The van der Waals surface area contributed by atoms with E-state index < -0.39 is 5.82 Å². The van der Waals surface area contributed by atoms with Crippen LogP contribution in [0.4, 0.5) is 10.1 Å². The zero-order chi connectivity index (χ0) is 20.4. The number of amides is 1. The number of benzene rings is 2. The van der Waals surface area contributed by atoms with Gasteiger partial charge in [0.1, 0.15) is 5.75 Å². The summed E-state index contributed by atoms with van der Waals surface area (Å²) in [6.07, 6.45) is 2.69.